The molecule has 0 saturated carbocycles. The maximum absolute atomic E-state index is 12.1. The third-order valence-corrected chi connectivity index (χ3v) is 3.74. The molecule has 1 aliphatic heterocycles. The number of nitrogen functional groups attached to an aromatic ring is 1. The molecule has 0 aromatic heterocycles. The Hall–Kier alpha value is -1.75. The smallest absolute Gasteiger partial charge is 0.340 e. The van der Waals surface area contributed by atoms with Gasteiger partial charge >= 0.3 is 5.97 Å². The van der Waals surface area contributed by atoms with Gasteiger partial charge in [0.15, 0.2) is 0 Å². The van der Waals surface area contributed by atoms with E-state index in [-0.39, 0.29) is 18.0 Å². The number of anilines is 2. The highest BCUT2D eigenvalue weighted by molar-refractivity contribution is 5.99. The lowest BCUT2D eigenvalue weighted by molar-refractivity contribution is 0.0526. The van der Waals surface area contributed by atoms with Crippen LogP contribution in [0.4, 0.5) is 11.4 Å². The Balaban J connectivity index is 2.33. The quantitative estimate of drug-likeness (QED) is 0.649. The van der Waals surface area contributed by atoms with Gasteiger partial charge in [-0.05, 0) is 31.4 Å². The first kappa shape index (κ1) is 14.7. The topological polar surface area (TPSA) is 75.8 Å². The van der Waals surface area contributed by atoms with Crippen molar-refractivity contribution in [3.05, 3.63) is 23.8 Å². The van der Waals surface area contributed by atoms with Gasteiger partial charge < -0.3 is 20.5 Å². The summed E-state index contributed by atoms with van der Waals surface area (Å²) in [6.45, 7) is 5.49. The lowest BCUT2D eigenvalue weighted by Crippen LogP contribution is -2.42. The van der Waals surface area contributed by atoms with E-state index in [1.54, 1.807) is 25.1 Å². The minimum Gasteiger partial charge on any atom is -0.462 e. The Morgan fingerprint density at radius 2 is 2.30 bits per heavy atom. The molecule has 2 rings (SSSR count). The predicted molar refractivity (Wildman–Crippen MR) is 78.8 cm³/mol. The van der Waals surface area contributed by atoms with E-state index in [9.17, 15) is 9.90 Å². The van der Waals surface area contributed by atoms with Gasteiger partial charge in [0.25, 0.3) is 0 Å². The summed E-state index contributed by atoms with van der Waals surface area (Å²) in [5.41, 5.74) is 7.85. The molecule has 1 aromatic carbocycles. The van der Waals surface area contributed by atoms with Crippen LogP contribution in [-0.4, -0.2) is 36.9 Å². The number of para-hydroxylation sites is 1. The van der Waals surface area contributed by atoms with Crippen molar-refractivity contribution in [2.45, 2.75) is 26.4 Å². The maximum Gasteiger partial charge on any atom is 0.340 e. The maximum atomic E-state index is 12.1. The summed E-state index contributed by atoms with van der Waals surface area (Å²) in [4.78, 5) is 14.1. The molecule has 0 amide bonds. The zero-order chi connectivity index (χ0) is 14.7. The average Bonchev–Trinajstić information content (AvgIpc) is 2.42. The molecular weight excluding hydrogens is 256 g/mol. The van der Waals surface area contributed by atoms with Crippen LogP contribution in [0.2, 0.25) is 0 Å². The number of hydrogen-bond donors (Lipinski definition) is 2. The number of aliphatic hydroxyl groups is 1. The van der Waals surface area contributed by atoms with Gasteiger partial charge in [-0.1, -0.05) is 13.0 Å². The van der Waals surface area contributed by atoms with Crippen LogP contribution in [-0.2, 0) is 4.74 Å². The van der Waals surface area contributed by atoms with E-state index < -0.39 is 0 Å². The summed E-state index contributed by atoms with van der Waals surface area (Å²) in [5.74, 6) is -0.202. The Kier molecular flexibility index (Phi) is 4.49. The number of nitrogens with two attached hydrogens (primary N) is 1. The normalized spacial score (nSPS) is 22.6. The molecule has 3 N–H and O–H groups in total. The summed E-state index contributed by atoms with van der Waals surface area (Å²) in [5, 5.41) is 9.82. The van der Waals surface area contributed by atoms with Crippen LogP contribution < -0.4 is 10.6 Å². The lowest BCUT2D eigenvalue weighted by atomic mass is 9.95. The number of benzene rings is 1. The number of rotatable bonds is 3. The Labute approximate surface area is 119 Å². The number of piperidine rings is 1. The van der Waals surface area contributed by atoms with Crippen molar-refractivity contribution in [3.63, 3.8) is 0 Å². The first-order valence-corrected chi connectivity index (χ1v) is 7.03. The van der Waals surface area contributed by atoms with Gasteiger partial charge in [-0.15, -0.1) is 0 Å². The number of esters is 1. The first-order chi connectivity index (χ1) is 9.54. The van der Waals surface area contributed by atoms with Crippen LogP contribution in [0, 0.1) is 5.92 Å². The van der Waals surface area contributed by atoms with Gasteiger partial charge in [0.2, 0.25) is 0 Å². The molecule has 0 spiro atoms. The van der Waals surface area contributed by atoms with Gasteiger partial charge in [-0.25, -0.2) is 4.79 Å². The van der Waals surface area contributed by atoms with E-state index >= 15 is 0 Å². The molecule has 20 heavy (non-hydrogen) atoms. The fourth-order valence-electron chi connectivity index (χ4n) is 2.62. The molecule has 1 heterocycles. The molecular formula is C15H22N2O3. The summed E-state index contributed by atoms with van der Waals surface area (Å²) in [6, 6.07) is 5.28. The van der Waals surface area contributed by atoms with Crippen molar-refractivity contribution in [2.24, 2.45) is 5.92 Å². The third-order valence-electron chi connectivity index (χ3n) is 3.74. The molecule has 110 valence electrons. The molecule has 1 aliphatic rings. The average molecular weight is 278 g/mol. The van der Waals surface area contributed by atoms with Crippen LogP contribution >= 0.6 is 0 Å². The second-order valence-electron chi connectivity index (χ2n) is 5.24. The van der Waals surface area contributed by atoms with Crippen molar-refractivity contribution in [1.29, 1.82) is 0 Å². The second kappa shape index (κ2) is 6.13. The minimum absolute atomic E-state index is 0.151. The highest BCUT2D eigenvalue weighted by Crippen LogP contribution is 2.32. The highest BCUT2D eigenvalue weighted by Gasteiger charge is 2.28. The van der Waals surface area contributed by atoms with E-state index in [1.807, 2.05) is 6.92 Å². The van der Waals surface area contributed by atoms with Crippen molar-refractivity contribution in [2.75, 3.05) is 30.3 Å². The third kappa shape index (κ3) is 2.88. The van der Waals surface area contributed by atoms with Gasteiger partial charge in [-0.2, -0.15) is 0 Å². The molecule has 1 aromatic rings. The van der Waals surface area contributed by atoms with Crippen LogP contribution in [0.1, 0.15) is 30.6 Å². The van der Waals surface area contributed by atoms with Gasteiger partial charge in [0, 0.05) is 13.1 Å². The second-order valence-corrected chi connectivity index (χ2v) is 5.24. The van der Waals surface area contributed by atoms with Crippen LogP contribution in [0.15, 0.2) is 18.2 Å². The van der Waals surface area contributed by atoms with Crippen LogP contribution in [0.25, 0.3) is 0 Å². The van der Waals surface area contributed by atoms with E-state index in [2.05, 4.69) is 4.90 Å². The molecule has 0 radical (unpaired) electrons. The predicted octanol–water partition coefficient (Wildman–Crippen LogP) is 1.65. The van der Waals surface area contributed by atoms with Crippen molar-refractivity contribution >= 4 is 17.3 Å². The number of aliphatic hydroxyl groups excluding tert-OH is 1. The Morgan fingerprint density at radius 1 is 1.55 bits per heavy atom. The largest absolute Gasteiger partial charge is 0.462 e. The summed E-state index contributed by atoms with van der Waals surface area (Å²) < 4.78 is 5.09. The number of carbonyl (C=O) groups excluding carboxylic acids is 1. The van der Waals surface area contributed by atoms with Gasteiger partial charge in [0.05, 0.1) is 29.6 Å². The van der Waals surface area contributed by atoms with E-state index in [1.165, 1.54) is 0 Å². The SMILES string of the molecule is CCOC(=O)c1cccc(N)c1N1CCC(O)C(C)C1. The molecule has 0 aliphatic carbocycles. The Morgan fingerprint density at radius 3 is 2.95 bits per heavy atom. The molecule has 1 fully saturated rings. The molecule has 5 heteroatoms. The Bertz CT molecular complexity index is 490. The van der Waals surface area contributed by atoms with Gasteiger partial charge in [-0.3, -0.25) is 0 Å². The van der Waals surface area contributed by atoms with Crippen molar-refractivity contribution < 1.29 is 14.6 Å². The van der Waals surface area contributed by atoms with Crippen LogP contribution in [0.3, 0.4) is 0 Å². The van der Waals surface area contributed by atoms with Crippen molar-refractivity contribution in [1.82, 2.24) is 0 Å². The standard InChI is InChI=1S/C15H22N2O3/c1-3-20-15(19)11-5-4-6-12(16)14(11)17-8-7-13(18)10(2)9-17/h4-6,10,13,18H,3,7-9,16H2,1-2H3. The fourth-order valence-corrected chi connectivity index (χ4v) is 2.62. The zero-order valence-electron chi connectivity index (χ0n) is 12.0. The monoisotopic (exact) mass is 278 g/mol. The number of nitrogens with zero attached hydrogens (tertiary/aromatic N) is 1. The molecule has 2 unspecified atom stereocenters. The zero-order valence-corrected chi connectivity index (χ0v) is 12.0. The van der Waals surface area contributed by atoms with E-state index in [4.69, 9.17) is 10.5 Å². The molecule has 0 bridgehead atoms. The molecule has 1 saturated heterocycles. The van der Waals surface area contributed by atoms with Gasteiger partial charge in [0.1, 0.15) is 0 Å². The fraction of sp³-hybridized carbons (Fsp3) is 0.533. The number of ether oxygens (including phenoxy) is 1. The van der Waals surface area contributed by atoms with E-state index in [0.29, 0.717) is 37.4 Å². The summed E-state index contributed by atoms with van der Waals surface area (Å²) in [7, 11) is 0. The number of carbonyl (C=O) groups is 1. The summed E-state index contributed by atoms with van der Waals surface area (Å²) >= 11 is 0. The van der Waals surface area contributed by atoms with E-state index in [0.717, 1.165) is 5.69 Å². The van der Waals surface area contributed by atoms with Crippen molar-refractivity contribution in [3.8, 4) is 0 Å². The first-order valence-electron chi connectivity index (χ1n) is 7.03. The number of hydrogen-bond acceptors (Lipinski definition) is 5. The molecule has 5 nitrogen and oxygen atoms in total. The van der Waals surface area contributed by atoms with Crippen LogP contribution in [0.5, 0.6) is 0 Å². The minimum atomic E-state index is -0.353. The lowest BCUT2D eigenvalue weighted by Gasteiger charge is -2.37. The highest BCUT2D eigenvalue weighted by atomic mass is 16.5. The molecule has 2 atom stereocenters. The summed E-state index contributed by atoms with van der Waals surface area (Å²) in [6.07, 6.45) is 0.389.